The van der Waals surface area contributed by atoms with Crippen LogP contribution in [0.2, 0.25) is 0 Å². The molecular formula is C11H12N2O2S2. The maximum absolute atomic E-state index is 11.6. The van der Waals surface area contributed by atoms with Crippen LogP contribution in [0.5, 0.6) is 0 Å². The summed E-state index contributed by atoms with van der Waals surface area (Å²) < 4.78 is 23.3. The molecule has 2 rings (SSSR count). The molecule has 17 heavy (non-hydrogen) atoms. The first kappa shape index (κ1) is 12.2. The van der Waals surface area contributed by atoms with E-state index >= 15 is 0 Å². The number of hydrogen-bond acceptors (Lipinski definition) is 5. The molecule has 0 radical (unpaired) electrons. The molecule has 0 aliphatic heterocycles. The summed E-state index contributed by atoms with van der Waals surface area (Å²) >= 11 is 1.15. The van der Waals surface area contributed by atoms with Gasteiger partial charge < -0.3 is 0 Å². The van der Waals surface area contributed by atoms with Crippen molar-refractivity contribution in [3.05, 3.63) is 40.9 Å². The summed E-state index contributed by atoms with van der Waals surface area (Å²) in [6, 6.07) is 9.79. The molecule has 2 aromatic rings. The summed E-state index contributed by atoms with van der Waals surface area (Å²) in [5, 5.41) is 8.38. The van der Waals surface area contributed by atoms with Crippen LogP contribution in [-0.2, 0) is 16.3 Å². The average molecular weight is 268 g/mol. The van der Waals surface area contributed by atoms with Gasteiger partial charge in [0.1, 0.15) is 5.01 Å². The molecule has 0 spiro atoms. The average Bonchev–Trinajstić information content (AvgIpc) is 2.80. The third-order valence-electron chi connectivity index (χ3n) is 2.29. The normalized spacial score (nSPS) is 11.6. The minimum absolute atomic E-state index is 0.0625. The second-order valence-corrected chi connectivity index (χ2v) is 7.04. The lowest BCUT2D eigenvalue weighted by atomic mass is 10.2. The highest BCUT2D eigenvalue weighted by Crippen LogP contribution is 2.19. The zero-order chi connectivity index (χ0) is 12.3. The van der Waals surface area contributed by atoms with E-state index in [1.807, 2.05) is 30.3 Å². The van der Waals surface area contributed by atoms with Crippen LogP contribution < -0.4 is 0 Å². The molecule has 4 nitrogen and oxygen atoms in total. The summed E-state index contributed by atoms with van der Waals surface area (Å²) in [4.78, 5) is 0. The van der Waals surface area contributed by atoms with Gasteiger partial charge in [0, 0.05) is 6.42 Å². The summed E-state index contributed by atoms with van der Waals surface area (Å²) in [6.45, 7) is 1.60. The van der Waals surface area contributed by atoms with Gasteiger partial charge in [-0.3, -0.25) is 0 Å². The van der Waals surface area contributed by atoms with Gasteiger partial charge in [-0.1, -0.05) is 48.6 Å². The van der Waals surface area contributed by atoms with Crippen molar-refractivity contribution in [3.8, 4) is 0 Å². The topological polar surface area (TPSA) is 59.9 Å². The Morgan fingerprint density at radius 1 is 1.18 bits per heavy atom. The van der Waals surface area contributed by atoms with Crippen LogP contribution in [0.25, 0.3) is 0 Å². The zero-order valence-corrected chi connectivity index (χ0v) is 11.0. The van der Waals surface area contributed by atoms with Gasteiger partial charge in [0.05, 0.1) is 5.75 Å². The van der Waals surface area contributed by atoms with Crippen LogP contribution in [0.3, 0.4) is 0 Å². The van der Waals surface area contributed by atoms with Crippen molar-refractivity contribution < 1.29 is 8.42 Å². The van der Waals surface area contributed by atoms with E-state index in [1.165, 1.54) is 0 Å². The van der Waals surface area contributed by atoms with E-state index < -0.39 is 9.84 Å². The lowest BCUT2D eigenvalue weighted by molar-refractivity contribution is 0.595. The fourth-order valence-electron chi connectivity index (χ4n) is 1.33. The Bertz CT molecular complexity index is 591. The first-order chi connectivity index (χ1) is 8.12. The van der Waals surface area contributed by atoms with Crippen molar-refractivity contribution in [2.24, 2.45) is 0 Å². The van der Waals surface area contributed by atoms with Crippen LogP contribution in [0.1, 0.15) is 17.5 Å². The summed E-state index contributed by atoms with van der Waals surface area (Å²) in [6.07, 6.45) is 0.623. The number of nitrogens with zero attached hydrogens (tertiary/aromatic N) is 2. The van der Waals surface area contributed by atoms with Crippen LogP contribution in [-0.4, -0.2) is 24.4 Å². The molecule has 0 N–H and O–H groups in total. The maximum Gasteiger partial charge on any atom is 0.232 e. The molecule has 0 amide bonds. The van der Waals surface area contributed by atoms with E-state index in [1.54, 1.807) is 6.92 Å². The van der Waals surface area contributed by atoms with E-state index in [0.717, 1.165) is 21.9 Å². The van der Waals surface area contributed by atoms with Gasteiger partial charge in [0.25, 0.3) is 0 Å². The Balaban J connectivity index is 2.20. The second kappa shape index (κ2) is 4.93. The Morgan fingerprint density at radius 3 is 2.53 bits per heavy atom. The number of hydrogen-bond donors (Lipinski definition) is 0. The van der Waals surface area contributed by atoms with Gasteiger partial charge in [-0.25, -0.2) is 8.42 Å². The fourth-order valence-corrected chi connectivity index (χ4v) is 3.50. The molecule has 0 atom stereocenters. The Labute approximate surface area is 104 Å². The molecule has 0 saturated carbocycles. The summed E-state index contributed by atoms with van der Waals surface area (Å²) in [5.41, 5.74) is 1.10. The number of rotatable bonds is 4. The van der Waals surface area contributed by atoms with Crippen molar-refractivity contribution in [1.82, 2.24) is 10.2 Å². The van der Waals surface area contributed by atoms with E-state index in [2.05, 4.69) is 10.2 Å². The van der Waals surface area contributed by atoms with Gasteiger partial charge in [-0.2, -0.15) is 0 Å². The fraction of sp³-hybridized carbons (Fsp3) is 0.273. The van der Waals surface area contributed by atoms with Crippen LogP contribution in [0, 0.1) is 0 Å². The van der Waals surface area contributed by atoms with Gasteiger partial charge in [0.2, 0.25) is 14.2 Å². The molecule has 6 heteroatoms. The third-order valence-corrected chi connectivity index (χ3v) is 5.40. The zero-order valence-electron chi connectivity index (χ0n) is 9.33. The highest BCUT2D eigenvalue weighted by atomic mass is 32.2. The molecule has 90 valence electrons. The van der Waals surface area contributed by atoms with Crippen molar-refractivity contribution >= 4 is 21.2 Å². The molecule has 0 aliphatic rings. The molecule has 0 unspecified atom stereocenters. The highest BCUT2D eigenvalue weighted by molar-refractivity contribution is 7.93. The van der Waals surface area contributed by atoms with Gasteiger partial charge in [-0.05, 0) is 5.56 Å². The quantitative estimate of drug-likeness (QED) is 0.850. The van der Waals surface area contributed by atoms with Crippen molar-refractivity contribution in [2.45, 2.75) is 17.7 Å². The van der Waals surface area contributed by atoms with E-state index in [4.69, 9.17) is 0 Å². The molecule has 0 bridgehead atoms. The van der Waals surface area contributed by atoms with E-state index in [0.29, 0.717) is 6.42 Å². The first-order valence-electron chi connectivity index (χ1n) is 5.21. The third kappa shape index (κ3) is 2.89. The molecule has 0 saturated heterocycles. The van der Waals surface area contributed by atoms with Crippen molar-refractivity contribution in [2.75, 3.05) is 5.75 Å². The second-order valence-electron chi connectivity index (χ2n) is 3.53. The Hall–Kier alpha value is -1.27. The standard InChI is InChI=1S/C11H12N2O2S2/c1-2-17(14,15)11-13-12-10(16-11)8-9-6-4-3-5-7-9/h3-7H,2,8H2,1H3. The summed E-state index contributed by atoms with van der Waals surface area (Å²) in [7, 11) is -3.22. The molecule has 1 aromatic heterocycles. The predicted octanol–water partition coefficient (Wildman–Crippen LogP) is 1.92. The minimum Gasteiger partial charge on any atom is -0.221 e. The molecule has 0 fully saturated rings. The lowest BCUT2D eigenvalue weighted by Gasteiger charge is -1.95. The van der Waals surface area contributed by atoms with Gasteiger partial charge in [0.15, 0.2) is 0 Å². The van der Waals surface area contributed by atoms with E-state index in [-0.39, 0.29) is 10.1 Å². The SMILES string of the molecule is CCS(=O)(=O)c1nnc(Cc2ccccc2)s1. The molecular weight excluding hydrogens is 256 g/mol. The van der Waals surface area contributed by atoms with Crippen LogP contribution >= 0.6 is 11.3 Å². The maximum atomic E-state index is 11.6. The van der Waals surface area contributed by atoms with Crippen LogP contribution in [0.4, 0.5) is 0 Å². The molecule has 1 heterocycles. The Morgan fingerprint density at radius 2 is 1.88 bits per heavy atom. The minimum atomic E-state index is -3.22. The monoisotopic (exact) mass is 268 g/mol. The number of benzene rings is 1. The lowest BCUT2D eigenvalue weighted by Crippen LogP contribution is -2.02. The predicted molar refractivity (Wildman–Crippen MR) is 66.9 cm³/mol. The van der Waals surface area contributed by atoms with E-state index in [9.17, 15) is 8.42 Å². The first-order valence-corrected chi connectivity index (χ1v) is 7.68. The number of aromatic nitrogens is 2. The van der Waals surface area contributed by atoms with Crippen molar-refractivity contribution in [1.29, 1.82) is 0 Å². The summed E-state index contributed by atoms with van der Waals surface area (Å²) in [5.74, 6) is 0.0625. The molecule has 0 aliphatic carbocycles. The van der Waals surface area contributed by atoms with Gasteiger partial charge in [-0.15, -0.1) is 10.2 Å². The number of sulfone groups is 1. The Kier molecular flexibility index (Phi) is 3.54. The van der Waals surface area contributed by atoms with Crippen LogP contribution in [0.15, 0.2) is 34.7 Å². The smallest absolute Gasteiger partial charge is 0.221 e. The highest BCUT2D eigenvalue weighted by Gasteiger charge is 2.17. The molecule has 1 aromatic carbocycles. The van der Waals surface area contributed by atoms with Crippen molar-refractivity contribution in [3.63, 3.8) is 0 Å². The van der Waals surface area contributed by atoms with Gasteiger partial charge >= 0.3 is 0 Å². The largest absolute Gasteiger partial charge is 0.232 e.